The molecule has 0 fully saturated rings. The Morgan fingerprint density at radius 3 is 2.73 bits per heavy atom. The van der Waals surface area contributed by atoms with Gasteiger partial charge < -0.3 is 5.73 Å². The lowest BCUT2D eigenvalue weighted by atomic mass is 10.1. The molecule has 0 saturated carbocycles. The number of thioether (sulfide) groups is 1. The SMILES string of the molecule is CCSCc1nc(CC(C)C)c(CN)s1. The van der Waals surface area contributed by atoms with Crippen LogP contribution in [0.2, 0.25) is 0 Å². The van der Waals surface area contributed by atoms with Crippen molar-refractivity contribution < 1.29 is 0 Å². The first kappa shape index (κ1) is 13.0. The highest BCUT2D eigenvalue weighted by atomic mass is 32.2. The summed E-state index contributed by atoms with van der Waals surface area (Å²) in [6.07, 6.45) is 1.06. The number of nitrogens with zero attached hydrogens (tertiary/aromatic N) is 1. The van der Waals surface area contributed by atoms with Crippen molar-refractivity contribution in [3.63, 3.8) is 0 Å². The van der Waals surface area contributed by atoms with Crippen molar-refractivity contribution in [1.29, 1.82) is 0 Å². The van der Waals surface area contributed by atoms with Gasteiger partial charge in [-0.3, -0.25) is 0 Å². The van der Waals surface area contributed by atoms with E-state index in [9.17, 15) is 0 Å². The molecule has 0 radical (unpaired) electrons. The summed E-state index contributed by atoms with van der Waals surface area (Å²) in [5.41, 5.74) is 6.96. The van der Waals surface area contributed by atoms with Crippen LogP contribution < -0.4 is 5.73 Å². The molecular weight excluding hydrogens is 224 g/mol. The van der Waals surface area contributed by atoms with E-state index in [1.807, 2.05) is 11.8 Å². The fourth-order valence-corrected chi connectivity index (χ4v) is 3.09. The molecule has 0 amide bonds. The number of thiazole rings is 1. The van der Waals surface area contributed by atoms with E-state index in [2.05, 4.69) is 25.8 Å². The van der Waals surface area contributed by atoms with Crippen molar-refractivity contribution in [2.75, 3.05) is 5.75 Å². The van der Waals surface area contributed by atoms with Gasteiger partial charge in [-0.05, 0) is 18.1 Å². The van der Waals surface area contributed by atoms with E-state index in [0.717, 1.165) is 17.9 Å². The fraction of sp³-hybridized carbons (Fsp3) is 0.727. The average Bonchev–Trinajstić information content (AvgIpc) is 2.56. The Kier molecular flexibility index (Phi) is 5.64. The van der Waals surface area contributed by atoms with Crippen LogP contribution in [-0.2, 0) is 18.7 Å². The van der Waals surface area contributed by atoms with Gasteiger partial charge in [0.25, 0.3) is 0 Å². The van der Waals surface area contributed by atoms with Crippen LogP contribution in [0.5, 0.6) is 0 Å². The molecule has 1 heterocycles. The summed E-state index contributed by atoms with van der Waals surface area (Å²) in [5, 5.41) is 1.23. The minimum atomic E-state index is 0.635. The van der Waals surface area contributed by atoms with Gasteiger partial charge in [0.1, 0.15) is 5.01 Å². The van der Waals surface area contributed by atoms with Crippen molar-refractivity contribution in [3.05, 3.63) is 15.6 Å². The maximum atomic E-state index is 5.73. The van der Waals surface area contributed by atoms with Gasteiger partial charge in [-0.1, -0.05) is 20.8 Å². The molecule has 0 atom stereocenters. The lowest BCUT2D eigenvalue weighted by molar-refractivity contribution is 0.633. The summed E-state index contributed by atoms with van der Waals surface area (Å²) >= 11 is 3.70. The zero-order chi connectivity index (χ0) is 11.3. The molecule has 86 valence electrons. The van der Waals surface area contributed by atoms with Crippen molar-refractivity contribution >= 4 is 23.1 Å². The Bertz CT molecular complexity index is 295. The van der Waals surface area contributed by atoms with Crippen LogP contribution in [0.25, 0.3) is 0 Å². The molecular formula is C11H20N2S2. The maximum Gasteiger partial charge on any atom is 0.103 e. The van der Waals surface area contributed by atoms with Gasteiger partial charge in [0.05, 0.1) is 5.69 Å². The maximum absolute atomic E-state index is 5.73. The monoisotopic (exact) mass is 244 g/mol. The second kappa shape index (κ2) is 6.51. The number of nitrogens with two attached hydrogens (primary N) is 1. The van der Waals surface area contributed by atoms with E-state index in [-0.39, 0.29) is 0 Å². The van der Waals surface area contributed by atoms with Crippen LogP contribution in [0.3, 0.4) is 0 Å². The van der Waals surface area contributed by atoms with Crippen LogP contribution in [0.1, 0.15) is 36.3 Å². The molecule has 0 bridgehead atoms. The summed E-state index contributed by atoms with van der Waals surface area (Å²) in [4.78, 5) is 5.95. The lowest BCUT2D eigenvalue weighted by Gasteiger charge is -2.02. The summed E-state index contributed by atoms with van der Waals surface area (Å²) in [6.45, 7) is 7.26. The molecule has 0 spiro atoms. The third-order valence-electron chi connectivity index (χ3n) is 2.04. The molecule has 15 heavy (non-hydrogen) atoms. The topological polar surface area (TPSA) is 38.9 Å². The fourth-order valence-electron chi connectivity index (χ4n) is 1.39. The van der Waals surface area contributed by atoms with Crippen LogP contribution in [0.15, 0.2) is 0 Å². The van der Waals surface area contributed by atoms with Gasteiger partial charge in [-0.15, -0.1) is 11.3 Å². The Morgan fingerprint density at radius 2 is 2.20 bits per heavy atom. The van der Waals surface area contributed by atoms with Crippen LogP contribution in [-0.4, -0.2) is 10.7 Å². The minimum Gasteiger partial charge on any atom is -0.326 e. The zero-order valence-electron chi connectivity index (χ0n) is 9.75. The van der Waals surface area contributed by atoms with Gasteiger partial charge >= 0.3 is 0 Å². The highest BCUT2D eigenvalue weighted by molar-refractivity contribution is 7.98. The number of hydrogen-bond donors (Lipinski definition) is 1. The molecule has 4 heteroatoms. The van der Waals surface area contributed by atoms with Crippen molar-refractivity contribution in [2.24, 2.45) is 11.7 Å². The van der Waals surface area contributed by atoms with E-state index in [4.69, 9.17) is 5.73 Å². The van der Waals surface area contributed by atoms with Gasteiger partial charge in [-0.25, -0.2) is 4.98 Å². The lowest BCUT2D eigenvalue weighted by Crippen LogP contribution is -2.02. The third kappa shape index (κ3) is 4.13. The molecule has 0 unspecified atom stereocenters. The van der Waals surface area contributed by atoms with E-state index < -0.39 is 0 Å². The smallest absolute Gasteiger partial charge is 0.103 e. The summed E-state index contributed by atoms with van der Waals surface area (Å²) < 4.78 is 0. The van der Waals surface area contributed by atoms with E-state index in [1.54, 1.807) is 11.3 Å². The van der Waals surface area contributed by atoms with Gasteiger partial charge in [0.2, 0.25) is 0 Å². The van der Waals surface area contributed by atoms with Gasteiger partial charge in [0, 0.05) is 17.2 Å². The molecule has 2 N–H and O–H groups in total. The highest BCUT2D eigenvalue weighted by Crippen LogP contribution is 2.24. The van der Waals surface area contributed by atoms with E-state index in [0.29, 0.717) is 12.5 Å². The molecule has 1 aromatic heterocycles. The molecule has 1 aromatic rings. The van der Waals surface area contributed by atoms with E-state index >= 15 is 0 Å². The first-order chi connectivity index (χ1) is 7.17. The first-order valence-corrected chi connectivity index (χ1v) is 7.39. The highest BCUT2D eigenvalue weighted by Gasteiger charge is 2.10. The van der Waals surface area contributed by atoms with Crippen LogP contribution in [0, 0.1) is 5.92 Å². The molecule has 0 aromatic carbocycles. The number of rotatable bonds is 6. The average molecular weight is 244 g/mol. The zero-order valence-corrected chi connectivity index (χ0v) is 11.4. The van der Waals surface area contributed by atoms with Crippen LogP contribution >= 0.6 is 23.1 Å². The summed E-state index contributed by atoms with van der Waals surface area (Å²) in [5.74, 6) is 2.84. The minimum absolute atomic E-state index is 0.635. The standard InChI is InChI=1S/C11H20N2S2/c1-4-14-7-11-13-9(5-8(2)3)10(6-12)15-11/h8H,4-7,12H2,1-3H3. The molecule has 1 rings (SSSR count). The van der Waals surface area contributed by atoms with Crippen molar-refractivity contribution in [1.82, 2.24) is 4.98 Å². The Labute approximate surface area is 101 Å². The summed E-state index contributed by atoms with van der Waals surface area (Å²) in [7, 11) is 0. The largest absolute Gasteiger partial charge is 0.326 e. The Balaban J connectivity index is 2.71. The normalized spacial score (nSPS) is 11.3. The molecule has 0 aliphatic heterocycles. The third-order valence-corrected chi connectivity index (χ3v) is 4.23. The number of hydrogen-bond acceptors (Lipinski definition) is 4. The first-order valence-electron chi connectivity index (χ1n) is 5.42. The van der Waals surface area contributed by atoms with Crippen molar-refractivity contribution in [3.8, 4) is 0 Å². The predicted octanol–water partition coefficient (Wildman–Crippen LogP) is 3.05. The van der Waals surface area contributed by atoms with Crippen LogP contribution in [0.4, 0.5) is 0 Å². The predicted molar refractivity (Wildman–Crippen MR) is 70.4 cm³/mol. The molecule has 0 aliphatic rings. The Hall–Kier alpha value is -0.0600. The van der Waals surface area contributed by atoms with Gasteiger partial charge in [0.15, 0.2) is 0 Å². The second-order valence-electron chi connectivity index (χ2n) is 3.92. The molecule has 2 nitrogen and oxygen atoms in total. The molecule has 0 aliphatic carbocycles. The number of aromatic nitrogens is 1. The quantitative estimate of drug-likeness (QED) is 0.836. The Morgan fingerprint density at radius 1 is 1.47 bits per heavy atom. The van der Waals surface area contributed by atoms with Crippen molar-refractivity contribution in [2.45, 2.75) is 39.5 Å². The van der Waals surface area contributed by atoms with E-state index in [1.165, 1.54) is 15.6 Å². The molecule has 0 saturated heterocycles. The second-order valence-corrected chi connectivity index (χ2v) is 6.36. The summed E-state index contributed by atoms with van der Waals surface area (Å²) in [6, 6.07) is 0. The van der Waals surface area contributed by atoms with Gasteiger partial charge in [-0.2, -0.15) is 11.8 Å².